The lowest BCUT2D eigenvalue weighted by Gasteiger charge is -2.23. The van der Waals surface area contributed by atoms with Crippen LogP contribution in [0.25, 0.3) is 0 Å². The lowest BCUT2D eigenvalue weighted by atomic mass is 10.1. The second-order valence-electron chi connectivity index (χ2n) is 6.41. The molecule has 0 saturated carbocycles. The summed E-state index contributed by atoms with van der Waals surface area (Å²) >= 11 is 0. The summed E-state index contributed by atoms with van der Waals surface area (Å²) in [4.78, 5) is 28.9. The first-order valence-corrected chi connectivity index (χ1v) is 9.22. The molecule has 2 aromatic carbocycles. The fourth-order valence-corrected chi connectivity index (χ4v) is 2.85. The van der Waals surface area contributed by atoms with Crippen LogP contribution in [0.1, 0.15) is 24.2 Å². The standard InChI is InChI=1S/C21H28N4O3/c1-6-25(7-2)20(26)18-14-16(11-12-19(18)24(3)4)23-21(27)22-15-9-8-10-17(13-15)28-5/h8-14H,6-7H2,1-5H3,(H2,22,23,27). The van der Waals surface area contributed by atoms with Crippen LogP contribution >= 0.6 is 0 Å². The molecule has 0 fully saturated rings. The third-order valence-corrected chi connectivity index (χ3v) is 4.34. The summed E-state index contributed by atoms with van der Waals surface area (Å²) in [7, 11) is 5.34. The number of hydrogen-bond acceptors (Lipinski definition) is 4. The number of carbonyl (C=O) groups is 2. The summed E-state index contributed by atoms with van der Waals surface area (Å²) in [6.45, 7) is 5.13. The van der Waals surface area contributed by atoms with Gasteiger partial charge in [0, 0.05) is 50.3 Å². The molecule has 0 bridgehead atoms. The van der Waals surface area contributed by atoms with Crippen molar-refractivity contribution in [2.24, 2.45) is 0 Å². The van der Waals surface area contributed by atoms with Crippen LogP contribution in [0.4, 0.5) is 21.9 Å². The number of hydrogen-bond donors (Lipinski definition) is 2. The third-order valence-electron chi connectivity index (χ3n) is 4.34. The molecule has 0 saturated heterocycles. The zero-order valence-corrected chi connectivity index (χ0v) is 17.1. The Morgan fingerprint density at radius 1 is 0.964 bits per heavy atom. The first-order valence-electron chi connectivity index (χ1n) is 9.22. The van der Waals surface area contributed by atoms with Gasteiger partial charge in [-0.25, -0.2) is 4.79 Å². The van der Waals surface area contributed by atoms with Gasteiger partial charge in [0.1, 0.15) is 5.75 Å². The molecular formula is C21H28N4O3. The van der Waals surface area contributed by atoms with Crippen molar-refractivity contribution in [3.8, 4) is 5.75 Å². The molecule has 2 N–H and O–H groups in total. The van der Waals surface area contributed by atoms with Gasteiger partial charge in [-0.3, -0.25) is 4.79 Å². The highest BCUT2D eigenvalue weighted by Crippen LogP contribution is 2.25. The molecule has 0 aliphatic heterocycles. The maximum atomic E-state index is 12.9. The van der Waals surface area contributed by atoms with Gasteiger partial charge >= 0.3 is 6.03 Å². The monoisotopic (exact) mass is 384 g/mol. The number of methoxy groups -OCH3 is 1. The minimum atomic E-state index is -0.396. The lowest BCUT2D eigenvalue weighted by molar-refractivity contribution is 0.0773. The zero-order valence-electron chi connectivity index (χ0n) is 17.1. The summed E-state index contributed by atoms with van der Waals surface area (Å²) in [6.07, 6.45) is 0. The highest BCUT2D eigenvalue weighted by atomic mass is 16.5. The maximum absolute atomic E-state index is 12.9. The van der Waals surface area contributed by atoms with E-state index in [1.165, 1.54) is 0 Å². The Labute approximate surface area is 166 Å². The normalized spacial score (nSPS) is 10.2. The van der Waals surface area contributed by atoms with Gasteiger partial charge in [0.05, 0.1) is 12.7 Å². The van der Waals surface area contributed by atoms with E-state index in [0.29, 0.717) is 35.8 Å². The zero-order chi connectivity index (χ0) is 20.7. The fourth-order valence-electron chi connectivity index (χ4n) is 2.85. The van der Waals surface area contributed by atoms with E-state index in [2.05, 4.69) is 10.6 Å². The van der Waals surface area contributed by atoms with E-state index in [0.717, 1.165) is 5.69 Å². The molecule has 0 aliphatic carbocycles. The number of carbonyl (C=O) groups excluding carboxylic acids is 2. The molecule has 7 heteroatoms. The average molecular weight is 384 g/mol. The van der Waals surface area contributed by atoms with Crippen LogP contribution in [0, 0.1) is 0 Å². The first kappa shape index (κ1) is 21.1. The van der Waals surface area contributed by atoms with Crippen molar-refractivity contribution >= 4 is 29.0 Å². The van der Waals surface area contributed by atoms with Gasteiger partial charge in [0.25, 0.3) is 5.91 Å². The average Bonchev–Trinajstić information content (AvgIpc) is 2.68. The largest absolute Gasteiger partial charge is 0.497 e. The molecule has 0 spiro atoms. The van der Waals surface area contributed by atoms with Gasteiger partial charge in [-0.15, -0.1) is 0 Å². The van der Waals surface area contributed by atoms with E-state index in [1.54, 1.807) is 48.4 Å². The Morgan fingerprint density at radius 2 is 1.61 bits per heavy atom. The molecule has 0 heterocycles. The predicted molar refractivity (Wildman–Crippen MR) is 114 cm³/mol. The predicted octanol–water partition coefficient (Wildman–Crippen LogP) is 3.89. The first-order chi connectivity index (χ1) is 13.4. The van der Waals surface area contributed by atoms with Crippen molar-refractivity contribution in [1.82, 2.24) is 4.90 Å². The number of anilines is 3. The molecule has 0 radical (unpaired) electrons. The summed E-state index contributed by atoms with van der Waals surface area (Å²) < 4.78 is 5.16. The summed E-state index contributed by atoms with van der Waals surface area (Å²) in [5, 5.41) is 5.54. The fraction of sp³-hybridized carbons (Fsp3) is 0.333. The summed E-state index contributed by atoms with van der Waals surface area (Å²) in [6, 6.07) is 12.0. The van der Waals surface area contributed by atoms with Gasteiger partial charge in [-0.05, 0) is 44.2 Å². The van der Waals surface area contributed by atoms with Gasteiger partial charge in [-0.2, -0.15) is 0 Å². The number of urea groups is 1. The molecule has 7 nitrogen and oxygen atoms in total. The van der Waals surface area contributed by atoms with Crippen molar-refractivity contribution in [2.75, 3.05) is 49.8 Å². The molecule has 28 heavy (non-hydrogen) atoms. The van der Waals surface area contributed by atoms with Crippen molar-refractivity contribution < 1.29 is 14.3 Å². The minimum absolute atomic E-state index is 0.0643. The van der Waals surface area contributed by atoms with Gasteiger partial charge in [0.2, 0.25) is 0 Å². The van der Waals surface area contributed by atoms with Crippen molar-refractivity contribution in [3.63, 3.8) is 0 Å². The number of rotatable bonds is 7. The minimum Gasteiger partial charge on any atom is -0.497 e. The van der Waals surface area contributed by atoms with Crippen LogP contribution in [0.15, 0.2) is 42.5 Å². The van der Waals surface area contributed by atoms with E-state index in [1.807, 2.05) is 38.9 Å². The van der Waals surface area contributed by atoms with E-state index < -0.39 is 6.03 Å². The molecule has 3 amide bonds. The number of nitrogens with one attached hydrogen (secondary N) is 2. The van der Waals surface area contributed by atoms with Crippen LogP contribution < -0.4 is 20.3 Å². The SMILES string of the molecule is CCN(CC)C(=O)c1cc(NC(=O)Nc2cccc(OC)c2)ccc1N(C)C. The molecular weight excluding hydrogens is 356 g/mol. The number of amides is 3. The van der Waals surface area contributed by atoms with E-state index in [-0.39, 0.29) is 5.91 Å². The summed E-state index contributed by atoms with van der Waals surface area (Å²) in [5.74, 6) is 0.589. The Balaban J connectivity index is 2.22. The lowest BCUT2D eigenvalue weighted by Crippen LogP contribution is -2.32. The van der Waals surface area contributed by atoms with E-state index in [9.17, 15) is 9.59 Å². The van der Waals surface area contributed by atoms with Crippen molar-refractivity contribution in [3.05, 3.63) is 48.0 Å². The summed E-state index contributed by atoms with van der Waals surface area (Å²) in [5.41, 5.74) is 2.51. The topological polar surface area (TPSA) is 73.9 Å². The Hall–Kier alpha value is -3.22. The molecule has 2 aromatic rings. The Kier molecular flexibility index (Phi) is 7.26. The molecule has 150 valence electrons. The number of benzene rings is 2. The highest BCUT2D eigenvalue weighted by Gasteiger charge is 2.19. The maximum Gasteiger partial charge on any atom is 0.323 e. The van der Waals surface area contributed by atoms with E-state index >= 15 is 0 Å². The van der Waals surface area contributed by atoms with Crippen LogP contribution in [-0.4, -0.2) is 51.1 Å². The highest BCUT2D eigenvalue weighted by molar-refractivity contribution is 6.04. The quantitative estimate of drug-likeness (QED) is 0.760. The van der Waals surface area contributed by atoms with Crippen LogP contribution in [0.3, 0.4) is 0 Å². The number of nitrogens with zero attached hydrogens (tertiary/aromatic N) is 2. The van der Waals surface area contributed by atoms with E-state index in [4.69, 9.17) is 4.74 Å². The number of ether oxygens (including phenoxy) is 1. The van der Waals surface area contributed by atoms with Crippen LogP contribution in [-0.2, 0) is 0 Å². The Bertz CT molecular complexity index is 832. The van der Waals surface area contributed by atoms with Crippen molar-refractivity contribution in [2.45, 2.75) is 13.8 Å². The van der Waals surface area contributed by atoms with Gasteiger partial charge in [0.15, 0.2) is 0 Å². The van der Waals surface area contributed by atoms with Crippen molar-refractivity contribution in [1.29, 1.82) is 0 Å². The second-order valence-corrected chi connectivity index (χ2v) is 6.41. The Morgan fingerprint density at radius 3 is 2.18 bits per heavy atom. The molecule has 2 rings (SSSR count). The van der Waals surface area contributed by atoms with Gasteiger partial charge < -0.3 is 25.2 Å². The third kappa shape index (κ3) is 5.16. The molecule has 0 aliphatic rings. The molecule has 0 unspecified atom stereocenters. The molecule has 0 aromatic heterocycles. The second kappa shape index (κ2) is 9.64. The smallest absolute Gasteiger partial charge is 0.323 e. The van der Waals surface area contributed by atoms with Gasteiger partial charge in [-0.1, -0.05) is 6.07 Å². The van der Waals surface area contributed by atoms with Crippen LogP contribution in [0.5, 0.6) is 5.75 Å². The van der Waals surface area contributed by atoms with Crippen LogP contribution in [0.2, 0.25) is 0 Å². The molecule has 0 atom stereocenters.